The number of aryl methyl sites for hydroxylation is 2. The first-order chi connectivity index (χ1) is 14.9. The molecule has 2 amide bonds. The number of hydrogen-bond donors (Lipinski definition) is 1. The van der Waals surface area contributed by atoms with E-state index in [9.17, 15) is 9.59 Å². The van der Waals surface area contributed by atoms with E-state index in [2.05, 4.69) is 5.32 Å². The fraction of sp³-hybridized carbons (Fsp3) is 0.0769. The average molecular weight is 427 g/mol. The van der Waals surface area contributed by atoms with Crippen molar-refractivity contribution in [2.45, 2.75) is 13.8 Å². The normalized spacial score (nSPS) is 13.1. The second kappa shape index (κ2) is 7.25. The Balaban J connectivity index is 1.67. The molecule has 1 aliphatic heterocycles. The van der Waals surface area contributed by atoms with Crippen LogP contribution in [-0.2, 0) is 0 Å². The third-order valence-corrected chi connectivity index (χ3v) is 5.91. The highest BCUT2D eigenvalue weighted by Gasteiger charge is 2.35. The molecule has 31 heavy (non-hydrogen) atoms. The number of amides is 2. The number of imide groups is 1. The lowest BCUT2D eigenvalue weighted by Gasteiger charge is -2.28. The summed E-state index contributed by atoms with van der Waals surface area (Å²) in [6.07, 6.45) is 0. The summed E-state index contributed by atoms with van der Waals surface area (Å²) in [7, 11) is 0. The number of rotatable bonds is 3. The molecule has 4 nitrogen and oxygen atoms in total. The number of anilines is 3. The van der Waals surface area contributed by atoms with Gasteiger partial charge in [-0.1, -0.05) is 47.0 Å². The number of halogens is 1. The summed E-state index contributed by atoms with van der Waals surface area (Å²) in [5.74, 6) is -0.703. The van der Waals surface area contributed by atoms with Gasteiger partial charge in [0.25, 0.3) is 11.8 Å². The van der Waals surface area contributed by atoms with Crippen LogP contribution in [0.1, 0.15) is 31.8 Å². The zero-order valence-electron chi connectivity index (χ0n) is 17.1. The van der Waals surface area contributed by atoms with Crippen molar-refractivity contribution in [1.82, 2.24) is 0 Å². The van der Waals surface area contributed by atoms with Gasteiger partial charge in [-0.2, -0.15) is 0 Å². The smallest absolute Gasteiger partial charge is 0.265 e. The Morgan fingerprint density at radius 1 is 0.677 bits per heavy atom. The maximum absolute atomic E-state index is 13.4. The van der Waals surface area contributed by atoms with Crippen LogP contribution in [0.4, 0.5) is 17.1 Å². The number of carbonyl (C=O) groups is 2. The van der Waals surface area contributed by atoms with E-state index in [0.717, 1.165) is 22.5 Å². The summed E-state index contributed by atoms with van der Waals surface area (Å²) in [4.78, 5) is 28.0. The van der Waals surface area contributed by atoms with Crippen LogP contribution < -0.4 is 10.2 Å². The lowest BCUT2D eigenvalue weighted by atomic mass is 9.92. The average Bonchev–Trinajstić information content (AvgIpc) is 2.76. The molecular weight excluding hydrogens is 408 g/mol. The van der Waals surface area contributed by atoms with Gasteiger partial charge in [-0.05, 0) is 62.4 Å². The van der Waals surface area contributed by atoms with E-state index in [0.29, 0.717) is 32.6 Å². The van der Waals surface area contributed by atoms with E-state index < -0.39 is 0 Å². The van der Waals surface area contributed by atoms with Gasteiger partial charge in [0.05, 0.1) is 10.7 Å². The van der Waals surface area contributed by atoms with E-state index in [1.165, 1.54) is 4.90 Å². The highest BCUT2D eigenvalue weighted by molar-refractivity contribution is 6.42. The van der Waals surface area contributed by atoms with Crippen molar-refractivity contribution in [2.75, 3.05) is 10.2 Å². The molecule has 0 aliphatic carbocycles. The van der Waals surface area contributed by atoms with Gasteiger partial charge in [0, 0.05) is 33.3 Å². The van der Waals surface area contributed by atoms with Crippen LogP contribution in [0.25, 0.3) is 10.8 Å². The van der Waals surface area contributed by atoms with Crippen molar-refractivity contribution in [3.63, 3.8) is 0 Å². The minimum Gasteiger partial charge on any atom is -0.355 e. The van der Waals surface area contributed by atoms with Crippen LogP contribution >= 0.6 is 11.6 Å². The van der Waals surface area contributed by atoms with Crippen molar-refractivity contribution in [3.05, 3.63) is 100 Å². The summed E-state index contributed by atoms with van der Waals surface area (Å²) in [6, 6.07) is 22.3. The minimum absolute atomic E-state index is 0.351. The van der Waals surface area contributed by atoms with Crippen molar-refractivity contribution in [3.8, 4) is 0 Å². The fourth-order valence-electron chi connectivity index (χ4n) is 3.97. The van der Waals surface area contributed by atoms with Gasteiger partial charge in [-0.15, -0.1) is 0 Å². The van der Waals surface area contributed by atoms with E-state index in [1.807, 2.05) is 56.3 Å². The SMILES string of the molecule is Cc1ccc(Nc2ccc3c4c(ccc(Cl)c24)C(=O)N(c2ccc(C)cc2)C3=O)cc1. The summed E-state index contributed by atoms with van der Waals surface area (Å²) in [5, 5.41) is 5.12. The Morgan fingerprint density at radius 3 is 1.84 bits per heavy atom. The van der Waals surface area contributed by atoms with Crippen LogP contribution in [0, 0.1) is 13.8 Å². The van der Waals surface area contributed by atoms with Gasteiger partial charge >= 0.3 is 0 Å². The second-order valence-corrected chi connectivity index (χ2v) is 8.19. The van der Waals surface area contributed by atoms with Crippen LogP contribution in [0.3, 0.4) is 0 Å². The molecule has 0 atom stereocenters. The molecule has 0 bridgehead atoms. The van der Waals surface area contributed by atoms with Gasteiger partial charge in [0.15, 0.2) is 0 Å². The highest BCUT2D eigenvalue weighted by atomic mass is 35.5. The zero-order chi connectivity index (χ0) is 21.7. The van der Waals surface area contributed by atoms with Gasteiger partial charge in [0.2, 0.25) is 0 Å². The summed E-state index contributed by atoms with van der Waals surface area (Å²) in [5.41, 5.74) is 5.34. The zero-order valence-corrected chi connectivity index (χ0v) is 17.8. The molecule has 0 spiro atoms. The van der Waals surface area contributed by atoms with Crippen molar-refractivity contribution in [2.24, 2.45) is 0 Å². The van der Waals surface area contributed by atoms with Crippen molar-refractivity contribution in [1.29, 1.82) is 0 Å². The molecule has 1 N–H and O–H groups in total. The third kappa shape index (κ3) is 3.16. The standard InChI is InChI=1S/C26H19ClN2O2/c1-15-3-7-17(8-4-15)28-22-14-12-20-23-19(11-13-21(27)24(22)23)25(30)29(26(20)31)18-9-5-16(2)6-10-18/h3-14,28H,1-2H3. The molecule has 0 saturated carbocycles. The van der Waals surface area contributed by atoms with Gasteiger partial charge < -0.3 is 5.32 Å². The third-order valence-electron chi connectivity index (χ3n) is 5.60. The fourth-order valence-corrected chi connectivity index (χ4v) is 4.23. The Kier molecular flexibility index (Phi) is 4.53. The molecule has 4 aromatic carbocycles. The Hall–Kier alpha value is -3.63. The van der Waals surface area contributed by atoms with Gasteiger partial charge in [-0.25, -0.2) is 4.90 Å². The van der Waals surface area contributed by atoms with E-state index in [1.54, 1.807) is 30.3 Å². The number of nitrogens with one attached hydrogen (secondary N) is 1. The molecule has 152 valence electrons. The Labute approximate surface area is 185 Å². The molecule has 4 aromatic rings. The lowest BCUT2D eigenvalue weighted by Crippen LogP contribution is -2.40. The monoisotopic (exact) mass is 426 g/mol. The number of hydrogen-bond acceptors (Lipinski definition) is 3. The lowest BCUT2D eigenvalue weighted by molar-refractivity contribution is 0.0893. The van der Waals surface area contributed by atoms with E-state index in [-0.39, 0.29) is 11.8 Å². The largest absolute Gasteiger partial charge is 0.355 e. The Morgan fingerprint density at radius 2 is 1.23 bits per heavy atom. The molecule has 0 aromatic heterocycles. The second-order valence-electron chi connectivity index (χ2n) is 7.78. The van der Waals surface area contributed by atoms with E-state index >= 15 is 0 Å². The molecule has 0 radical (unpaired) electrons. The van der Waals surface area contributed by atoms with Crippen LogP contribution in [0.2, 0.25) is 5.02 Å². The maximum atomic E-state index is 13.4. The van der Waals surface area contributed by atoms with Crippen molar-refractivity contribution >= 4 is 51.2 Å². The van der Waals surface area contributed by atoms with Crippen molar-refractivity contribution < 1.29 is 9.59 Å². The molecule has 5 rings (SSSR count). The first kappa shape index (κ1) is 19.3. The van der Waals surface area contributed by atoms with Crippen LogP contribution in [0.5, 0.6) is 0 Å². The minimum atomic E-state index is -0.351. The summed E-state index contributed by atoms with van der Waals surface area (Å²) >= 11 is 6.57. The quantitative estimate of drug-likeness (QED) is 0.373. The molecule has 0 fully saturated rings. The molecule has 1 aliphatic rings. The topological polar surface area (TPSA) is 49.4 Å². The molecule has 5 heteroatoms. The predicted octanol–water partition coefficient (Wildman–Crippen LogP) is 6.65. The number of benzene rings is 4. The molecular formula is C26H19ClN2O2. The van der Waals surface area contributed by atoms with Crippen LogP contribution in [-0.4, -0.2) is 11.8 Å². The number of nitrogens with zero attached hydrogens (tertiary/aromatic N) is 1. The highest BCUT2D eigenvalue weighted by Crippen LogP contribution is 2.40. The summed E-state index contributed by atoms with van der Waals surface area (Å²) < 4.78 is 0. The van der Waals surface area contributed by atoms with Gasteiger partial charge in [0.1, 0.15) is 0 Å². The summed E-state index contributed by atoms with van der Waals surface area (Å²) in [6.45, 7) is 3.99. The maximum Gasteiger partial charge on any atom is 0.265 e. The predicted molar refractivity (Wildman–Crippen MR) is 126 cm³/mol. The first-order valence-electron chi connectivity index (χ1n) is 9.98. The first-order valence-corrected chi connectivity index (χ1v) is 10.4. The van der Waals surface area contributed by atoms with Gasteiger partial charge in [-0.3, -0.25) is 9.59 Å². The Bertz CT molecular complexity index is 1340. The molecule has 0 saturated heterocycles. The number of carbonyl (C=O) groups excluding carboxylic acids is 2. The van der Waals surface area contributed by atoms with Crippen LogP contribution in [0.15, 0.2) is 72.8 Å². The molecule has 0 unspecified atom stereocenters. The molecule has 1 heterocycles. The van der Waals surface area contributed by atoms with E-state index in [4.69, 9.17) is 11.6 Å².